The van der Waals surface area contributed by atoms with E-state index < -0.39 is 19.1 Å². The number of halogens is 4. The molecule has 0 unspecified atom stereocenters. The molecule has 194 valence electrons. The first-order chi connectivity index (χ1) is 16.6. The fraction of sp³-hybridized carbons (Fsp3) is 0.696. The van der Waals surface area contributed by atoms with Crippen LogP contribution in [0.1, 0.15) is 61.7 Å². The van der Waals surface area contributed by atoms with E-state index in [1.54, 1.807) is 0 Å². The summed E-state index contributed by atoms with van der Waals surface area (Å²) in [6.07, 6.45) is 8.36. The van der Waals surface area contributed by atoms with Crippen LogP contribution in [0.25, 0.3) is 0 Å². The van der Waals surface area contributed by atoms with Gasteiger partial charge < -0.3 is 10.1 Å². The summed E-state index contributed by atoms with van der Waals surface area (Å²) >= 11 is 1.37. The summed E-state index contributed by atoms with van der Waals surface area (Å²) in [5.74, 6) is -2.45. The van der Waals surface area contributed by atoms with Gasteiger partial charge in [-0.1, -0.05) is 11.3 Å². The highest BCUT2D eigenvalue weighted by Crippen LogP contribution is 2.32. The van der Waals surface area contributed by atoms with Gasteiger partial charge in [0.15, 0.2) is 6.61 Å². The average molecular weight is 518 g/mol. The molecule has 35 heavy (non-hydrogen) atoms. The van der Waals surface area contributed by atoms with Crippen molar-refractivity contribution in [2.45, 2.75) is 76.9 Å². The van der Waals surface area contributed by atoms with Gasteiger partial charge in [-0.3, -0.25) is 9.69 Å². The van der Waals surface area contributed by atoms with Crippen molar-refractivity contribution < 1.29 is 27.1 Å². The molecule has 3 heterocycles. The van der Waals surface area contributed by atoms with Crippen molar-refractivity contribution in [2.75, 3.05) is 19.7 Å². The molecule has 2 aromatic rings. The number of nitrogens with one attached hydrogen (secondary N) is 1. The highest BCUT2D eigenvalue weighted by Gasteiger charge is 2.27. The van der Waals surface area contributed by atoms with Crippen LogP contribution >= 0.6 is 11.3 Å². The molecule has 2 aromatic heterocycles. The second kappa shape index (κ2) is 11.2. The number of nitrogens with zero attached hydrogens (tertiary/aromatic N) is 4. The fourth-order valence-corrected chi connectivity index (χ4v) is 5.58. The zero-order valence-electron chi connectivity index (χ0n) is 19.7. The van der Waals surface area contributed by atoms with Gasteiger partial charge in [-0.15, -0.1) is 0 Å². The molecule has 7 nitrogen and oxygen atoms in total. The first-order valence-corrected chi connectivity index (χ1v) is 12.8. The van der Waals surface area contributed by atoms with Crippen LogP contribution in [0.3, 0.4) is 0 Å². The van der Waals surface area contributed by atoms with Crippen molar-refractivity contribution in [1.82, 2.24) is 25.0 Å². The van der Waals surface area contributed by atoms with Gasteiger partial charge in [-0.2, -0.15) is 13.9 Å². The molecule has 1 N–H and O–H groups in total. The number of thiazole rings is 1. The van der Waals surface area contributed by atoms with E-state index >= 15 is 0 Å². The molecule has 1 amide bonds. The van der Waals surface area contributed by atoms with Crippen LogP contribution in [-0.2, 0) is 24.2 Å². The van der Waals surface area contributed by atoms with Crippen LogP contribution in [0.2, 0.25) is 0 Å². The number of alkyl halides is 4. The summed E-state index contributed by atoms with van der Waals surface area (Å²) in [6, 6.07) is 0.116. The minimum absolute atomic E-state index is 0.0494. The van der Waals surface area contributed by atoms with Gasteiger partial charge in [-0.05, 0) is 56.6 Å². The number of hydrogen-bond donors (Lipinski definition) is 1. The highest BCUT2D eigenvalue weighted by atomic mass is 32.1. The second-order valence-corrected chi connectivity index (χ2v) is 10.6. The van der Waals surface area contributed by atoms with E-state index in [9.17, 15) is 22.4 Å². The third-order valence-corrected chi connectivity index (χ3v) is 7.59. The monoisotopic (exact) mass is 517 g/mol. The molecule has 1 aliphatic carbocycles. The maximum absolute atomic E-state index is 13.0. The molecule has 0 spiro atoms. The summed E-state index contributed by atoms with van der Waals surface area (Å²) in [5.41, 5.74) is 1.41. The summed E-state index contributed by atoms with van der Waals surface area (Å²) in [5, 5.41) is 6.91. The molecule has 1 aliphatic heterocycles. The molecular formula is C23H31F4N5O2S. The standard InChI is InChI=1S/C23H31F4N5O2S/c1-23(26,27)14-34-22-30-18-13-31(9-7-19(18)35-22)8-6-15-2-4-17(5-3-15)29-20(33)10-16-11-28-32(12-16)21(24)25/h11-12,15,17,21H,2-10,13-14H2,1H3,(H,29,33). The van der Waals surface area contributed by atoms with E-state index in [-0.39, 0.29) is 18.4 Å². The third kappa shape index (κ3) is 7.63. The van der Waals surface area contributed by atoms with Crippen LogP contribution in [0.5, 0.6) is 5.19 Å². The van der Waals surface area contributed by atoms with Crippen molar-refractivity contribution in [3.05, 3.63) is 28.5 Å². The molecule has 0 radical (unpaired) electrons. The molecule has 0 bridgehead atoms. The van der Waals surface area contributed by atoms with Crippen LogP contribution in [0.4, 0.5) is 17.6 Å². The van der Waals surface area contributed by atoms with E-state index in [2.05, 4.69) is 20.3 Å². The predicted molar refractivity (Wildman–Crippen MR) is 123 cm³/mol. The van der Waals surface area contributed by atoms with Crippen LogP contribution < -0.4 is 10.1 Å². The molecule has 0 saturated heterocycles. The Morgan fingerprint density at radius 2 is 2.09 bits per heavy atom. The number of carbonyl (C=O) groups excluding carboxylic acids is 1. The molecule has 1 saturated carbocycles. The number of ether oxygens (including phenoxy) is 1. The first-order valence-electron chi connectivity index (χ1n) is 12.0. The van der Waals surface area contributed by atoms with Gasteiger partial charge in [0.25, 0.3) is 11.1 Å². The first kappa shape index (κ1) is 25.9. The maximum Gasteiger partial charge on any atom is 0.333 e. The Bertz CT molecular complexity index is 985. The molecule has 2 aliphatic rings. The lowest BCUT2D eigenvalue weighted by Crippen LogP contribution is -2.39. The van der Waals surface area contributed by atoms with Gasteiger partial charge in [-0.25, -0.2) is 18.4 Å². The molecule has 1 fully saturated rings. The Morgan fingerprint density at radius 3 is 2.77 bits per heavy atom. The number of carbonyl (C=O) groups is 1. The zero-order valence-corrected chi connectivity index (χ0v) is 20.5. The van der Waals surface area contributed by atoms with E-state index in [0.717, 1.165) is 69.1 Å². The summed E-state index contributed by atoms with van der Waals surface area (Å²) in [4.78, 5) is 20.2. The van der Waals surface area contributed by atoms with Crippen molar-refractivity contribution in [3.63, 3.8) is 0 Å². The molecule has 0 atom stereocenters. The van der Waals surface area contributed by atoms with Crippen LogP contribution in [0, 0.1) is 5.92 Å². The smallest absolute Gasteiger partial charge is 0.333 e. The Morgan fingerprint density at radius 1 is 1.31 bits per heavy atom. The average Bonchev–Trinajstić information content (AvgIpc) is 3.43. The maximum atomic E-state index is 13.0. The summed E-state index contributed by atoms with van der Waals surface area (Å²) in [6.45, 7) is 0.0607. The largest absolute Gasteiger partial charge is 0.464 e. The molecule has 12 heteroatoms. The Hall–Kier alpha value is -2.21. The predicted octanol–water partition coefficient (Wildman–Crippen LogP) is 4.43. The Balaban J connectivity index is 1.14. The van der Waals surface area contributed by atoms with Gasteiger partial charge >= 0.3 is 6.55 Å². The van der Waals surface area contributed by atoms with E-state index in [1.165, 1.54) is 23.7 Å². The van der Waals surface area contributed by atoms with Crippen LogP contribution in [-0.4, -0.2) is 57.2 Å². The Kier molecular flexibility index (Phi) is 8.31. The fourth-order valence-electron chi connectivity index (χ4n) is 4.67. The minimum atomic E-state index is -2.87. The summed E-state index contributed by atoms with van der Waals surface area (Å²) in [7, 11) is 0. The lowest BCUT2D eigenvalue weighted by Gasteiger charge is -2.32. The molecule has 0 aromatic carbocycles. The van der Waals surface area contributed by atoms with Gasteiger partial charge in [0.05, 0.1) is 18.3 Å². The molecular weight excluding hydrogens is 486 g/mol. The SMILES string of the molecule is CC(F)(F)COc1nc2c(s1)CCN(CCC1CCC(NC(=O)Cc3cnn(C(F)F)c3)CC1)C2. The van der Waals surface area contributed by atoms with E-state index in [0.29, 0.717) is 27.9 Å². The number of hydrogen-bond acceptors (Lipinski definition) is 6. The van der Waals surface area contributed by atoms with Crippen molar-refractivity contribution in [2.24, 2.45) is 5.92 Å². The van der Waals surface area contributed by atoms with Crippen molar-refractivity contribution in [1.29, 1.82) is 0 Å². The van der Waals surface area contributed by atoms with E-state index in [4.69, 9.17) is 4.74 Å². The Labute approximate surface area is 205 Å². The zero-order chi connectivity index (χ0) is 25.0. The van der Waals surface area contributed by atoms with Gasteiger partial charge in [0, 0.05) is 37.1 Å². The lowest BCUT2D eigenvalue weighted by molar-refractivity contribution is -0.121. The quantitative estimate of drug-likeness (QED) is 0.472. The van der Waals surface area contributed by atoms with E-state index in [1.807, 2.05) is 0 Å². The van der Waals surface area contributed by atoms with Crippen molar-refractivity contribution >= 4 is 17.2 Å². The van der Waals surface area contributed by atoms with Gasteiger partial charge in [0.1, 0.15) is 0 Å². The topological polar surface area (TPSA) is 72.3 Å². The second-order valence-electron chi connectivity index (χ2n) is 9.59. The van der Waals surface area contributed by atoms with Crippen LogP contribution in [0.15, 0.2) is 12.4 Å². The highest BCUT2D eigenvalue weighted by molar-refractivity contribution is 7.13. The lowest BCUT2D eigenvalue weighted by atomic mass is 9.84. The van der Waals surface area contributed by atoms with Gasteiger partial charge in [0.2, 0.25) is 5.91 Å². The van der Waals surface area contributed by atoms with Crippen molar-refractivity contribution in [3.8, 4) is 5.19 Å². The normalized spacial score (nSPS) is 21.2. The summed E-state index contributed by atoms with van der Waals surface area (Å²) < 4.78 is 57.0. The minimum Gasteiger partial charge on any atom is -0.464 e. The third-order valence-electron chi connectivity index (χ3n) is 6.52. The number of aromatic nitrogens is 3. The number of amides is 1. The number of rotatable bonds is 10. The molecule has 4 rings (SSSR count). The number of fused-ring (bicyclic) bond motifs is 1.